The zero-order valence-corrected chi connectivity index (χ0v) is 9.13. The van der Waals surface area contributed by atoms with Gasteiger partial charge in [0.2, 0.25) is 0 Å². The van der Waals surface area contributed by atoms with Gasteiger partial charge in [-0.3, -0.25) is 9.20 Å². The first-order chi connectivity index (χ1) is 7.15. The Morgan fingerprint density at radius 3 is 3.13 bits per heavy atom. The summed E-state index contributed by atoms with van der Waals surface area (Å²) < 4.78 is 1.67. The van der Waals surface area contributed by atoms with Crippen molar-refractivity contribution >= 4 is 33.9 Å². The minimum Gasteiger partial charge on any atom is -0.481 e. The molecule has 0 spiro atoms. The number of halogens is 1. The number of rotatable bonds is 3. The molecule has 15 heavy (non-hydrogen) atoms. The van der Waals surface area contributed by atoms with Gasteiger partial charge in [0.1, 0.15) is 5.92 Å². The second-order valence-corrected chi connectivity index (χ2v) is 4.20. The smallest absolute Gasteiger partial charge is 0.313 e. The van der Waals surface area contributed by atoms with Crippen molar-refractivity contribution in [2.45, 2.75) is 5.92 Å². The van der Waals surface area contributed by atoms with Crippen LogP contribution in [0.5, 0.6) is 0 Å². The van der Waals surface area contributed by atoms with E-state index >= 15 is 0 Å². The lowest BCUT2D eigenvalue weighted by atomic mass is 10.1. The number of fused-ring (bicyclic) bond motifs is 1. The highest BCUT2D eigenvalue weighted by Gasteiger charge is 2.25. The topological polar surface area (TPSA) is 80.6 Å². The van der Waals surface area contributed by atoms with Gasteiger partial charge in [-0.25, -0.2) is 4.98 Å². The molecule has 5 nitrogen and oxygen atoms in total. The fourth-order valence-corrected chi connectivity index (χ4v) is 2.49. The second kappa shape index (κ2) is 3.80. The molecule has 0 bridgehead atoms. The lowest BCUT2D eigenvalue weighted by Gasteiger charge is -2.08. The SMILES string of the molecule is NCC(C(=O)O)c1c(Cl)nc2sccn12. The lowest BCUT2D eigenvalue weighted by Crippen LogP contribution is -2.22. The quantitative estimate of drug-likeness (QED) is 0.851. The molecule has 0 saturated heterocycles. The summed E-state index contributed by atoms with van der Waals surface area (Å²) in [7, 11) is 0. The van der Waals surface area contributed by atoms with Gasteiger partial charge in [-0.05, 0) is 0 Å². The van der Waals surface area contributed by atoms with E-state index in [0.29, 0.717) is 10.7 Å². The summed E-state index contributed by atoms with van der Waals surface area (Å²) in [6.07, 6.45) is 1.74. The molecule has 2 heterocycles. The molecule has 1 atom stereocenters. The lowest BCUT2D eigenvalue weighted by molar-refractivity contribution is -0.138. The minimum absolute atomic E-state index is 0.00130. The van der Waals surface area contributed by atoms with E-state index < -0.39 is 11.9 Å². The molecule has 0 aliphatic rings. The van der Waals surface area contributed by atoms with E-state index in [1.807, 2.05) is 5.38 Å². The Morgan fingerprint density at radius 2 is 2.53 bits per heavy atom. The number of carboxylic acid groups (broad SMARTS) is 1. The molecule has 80 valence electrons. The summed E-state index contributed by atoms with van der Waals surface area (Å²) >= 11 is 7.28. The summed E-state index contributed by atoms with van der Waals surface area (Å²) in [5, 5.41) is 11.0. The van der Waals surface area contributed by atoms with Crippen LogP contribution in [-0.2, 0) is 4.79 Å². The molecular weight excluding hydrogens is 238 g/mol. The Kier molecular flexibility index (Phi) is 2.64. The monoisotopic (exact) mass is 245 g/mol. The molecule has 0 radical (unpaired) electrons. The molecule has 1 unspecified atom stereocenters. The van der Waals surface area contributed by atoms with Crippen molar-refractivity contribution in [1.29, 1.82) is 0 Å². The maximum atomic E-state index is 11.0. The summed E-state index contributed by atoms with van der Waals surface area (Å²) in [6, 6.07) is 0. The Bertz CT molecular complexity index is 507. The van der Waals surface area contributed by atoms with Crippen molar-refractivity contribution in [2.75, 3.05) is 6.54 Å². The van der Waals surface area contributed by atoms with E-state index in [0.717, 1.165) is 0 Å². The minimum atomic E-state index is -0.993. The molecule has 0 saturated carbocycles. The van der Waals surface area contributed by atoms with Crippen LogP contribution in [0.15, 0.2) is 11.6 Å². The maximum Gasteiger partial charge on any atom is 0.313 e. The molecule has 0 aliphatic carbocycles. The number of hydrogen-bond donors (Lipinski definition) is 2. The fourth-order valence-electron chi connectivity index (χ4n) is 1.42. The zero-order valence-electron chi connectivity index (χ0n) is 7.55. The predicted molar refractivity (Wildman–Crippen MR) is 57.5 cm³/mol. The summed E-state index contributed by atoms with van der Waals surface area (Å²) in [5.74, 6) is -1.81. The molecule has 3 N–H and O–H groups in total. The normalized spacial score (nSPS) is 13.2. The van der Waals surface area contributed by atoms with Gasteiger partial charge in [0.05, 0.1) is 5.69 Å². The van der Waals surface area contributed by atoms with Crippen molar-refractivity contribution in [3.63, 3.8) is 0 Å². The van der Waals surface area contributed by atoms with Crippen LogP contribution in [0, 0.1) is 0 Å². The zero-order chi connectivity index (χ0) is 11.0. The number of nitrogens with two attached hydrogens (primary N) is 1. The van der Waals surface area contributed by atoms with Crippen molar-refractivity contribution in [2.24, 2.45) is 5.73 Å². The van der Waals surface area contributed by atoms with Crippen LogP contribution in [0.2, 0.25) is 5.15 Å². The number of aliphatic carboxylic acids is 1. The van der Waals surface area contributed by atoms with Crippen LogP contribution in [0.25, 0.3) is 4.96 Å². The Balaban J connectivity index is 2.61. The summed E-state index contributed by atoms with van der Waals surface area (Å²) in [5.41, 5.74) is 5.86. The number of aromatic nitrogens is 2. The third-order valence-corrected chi connectivity index (χ3v) is 3.15. The van der Waals surface area contributed by atoms with E-state index in [4.69, 9.17) is 22.4 Å². The Morgan fingerprint density at radius 1 is 1.80 bits per heavy atom. The highest BCUT2D eigenvalue weighted by Crippen LogP contribution is 2.27. The molecule has 2 aromatic heterocycles. The first-order valence-corrected chi connectivity index (χ1v) is 5.44. The van der Waals surface area contributed by atoms with E-state index in [-0.39, 0.29) is 11.7 Å². The van der Waals surface area contributed by atoms with Crippen molar-refractivity contribution in [1.82, 2.24) is 9.38 Å². The molecule has 2 aromatic rings. The molecule has 0 aromatic carbocycles. The molecule has 0 amide bonds. The van der Waals surface area contributed by atoms with Crippen LogP contribution < -0.4 is 5.73 Å². The van der Waals surface area contributed by atoms with Gasteiger partial charge in [-0.15, -0.1) is 11.3 Å². The fraction of sp³-hybridized carbons (Fsp3) is 0.250. The Hall–Kier alpha value is -1.11. The highest BCUT2D eigenvalue weighted by atomic mass is 35.5. The van der Waals surface area contributed by atoms with Crippen LogP contribution in [0.3, 0.4) is 0 Å². The standard InChI is InChI=1S/C8H8ClN3O2S/c9-6-5(4(3-10)7(13)14)12-1-2-15-8(12)11-6/h1-2,4H,3,10H2,(H,13,14). The van der Waals surface area contributed by atoms with Crippen LogP contribution >= 0.6 is 22.9 Å². The van der Waals surface area contributed by atoms with Crippen LogP contribution in [0.1, 0.15) is 11.6 Å². The number of imidazole rings is 1. The van der Waals surface area contributed by atoms with Crippen molar-refractivity contribution < 1.29 is 9.90 Å². The average molecular weight is 246 g/mol. The Labute approximate surface area is 94.1 Å². The van der Waals surface area contributed by atoms with Gasteiger partial charge in [0, 0.05) is 18.1 Å². The third kappa shape index (κ3) is 1.60. The van der Waals surface area contributed by atoms with Gasteiger partial charge in [0.15, 0.2) is 10.1 Å². The van der Waals surface area contributed by atoms with Gasteiger partial charge in [-0.2, -0.15) is 0 Å². The second-order valence-electron chi connectivity index (χ2n) is 2.97. The summed E-state index contributed by atoms with van der Waals surface area (Å²) in [6.45, 7) is -0.00130. The predicted octanol–water partition coefficient (Wildman–Crippen LogP) is 1.18. The van der Waals surface area contributed by atoms with E-state index in [9.17, 15) is 4.79 Å². The van der Waals surface area contributed by atoms with Crippen LogP contribution in [0.4, 0.5) is 0 Å². The van der Waals surface area contributed by atoms with Crippen LogP contribution in [-0.4, -0.2) is 27.0 Å². The molecule has 2 rings (SSSR count). The van der Waals surface area contributed by atoms with E-state index in [2.05, 4.69) is 4.98 Å². The van der Waals surface area contributed by atoms with Crippen molar-refractivity contribution in [3.8, 4) is 0 Å². The number of thiazole rings is 1. The molecule has 0 fully saturated rings. The van der Waals surface area contributed by atoms with Gasteiger partial charge >= 0.3 is 5.97 Å². The average Bonchev–Trinajstić information content (AvgIpc) is 2.69. The molecular formula is C8H8ClN3O2S. The molecule has 7 heteroatoms. The number of carboxylic acids is 1. The molecule has 0 aliphatic heterocycles. The summed E-state index contributed by atoms with van der Waals surface area (Å²) in [4.78, 5) is 15.7. The number of carbonyl (C=O) groups is 1. The van der Waals surface area contributed by atoms with Gasteiger partial charge in [-0.1, -0.05) is 11.6 Å². The van der Waals surface area contributed by atoms with Crippen molar-refractivity contribution in [3.05, 3.63) is 22.4 Å². The largest absolute Gasteiger partial charge is 0.481 e. The van der Waals surface area contributed by atoms with E-state index in [1.165, 1.54) is 11.3 Å². The third-order valence-electron chi connectivity index (χ3n) is 2.12. The first kappa shape index (κ1) is 10.4. The van der Waals surface area contributed by atoms with E-state index in [1.54, 1.807) is 10.6 Å². The maximum absolute atomic E-state index is 11.0. The number of nitrogens with zero attached hydrogens (tertiary/aromatic N) is 2. The highest BCUT2D eigenvalue weighted by molar-refractivity contribution is 7.15. The first-order valence-electron chi connectivity index (χ1n) is 4.19. The van der Waals surface area contributed by atoms with Gasteiger partial charge < -0.3 is 10.8 Å². The van der Waals surface area contributed by atoms with Gasteiger partial charge in [0.25, 0.3) is 0 Å². The number of hydrogen-bond acceptors (Lipinski definition) is 4.